The molecule has 0 aliphatic heterocycles. The third kappa shape index (κ3) is 3.21. The summed E-state index contributed by atoms with van der Waals surface area (Å²) < 4.78 is 0. The normalized spacial score (nSPS) is 10.2. The standard InChI is InChI=1S/C13H14N4O3/c14-5-8-1-3-9(4-2-8)6-15-11(18)10-7-16-13(20)17-12(10)19/h1-4,7H,5-6,14H2,(H,15,18)(H2,16,17,19,20). The minimum absolute atomic E-state index is 0.136. The lowest BCUT2D eigenvalue weighted by Crippen LogP contribution is -2.33. The average Bonchev–Trinajstić information content (AvgIpc) is 2.45. The smallest absolute Gasteiger partial charge is 0.325 e. The molecule has 0 aliphatic carbocycles. The Bertz CT molecular complexity index is 715. The van der Waals surface area contributed by atoms with E-state index < -0.39 is 17.2 Å². The van der Waals surface area contributed by atoms with Crippen LogP contribution in [-0.2, 0) is 13.1 Å². The van der Waals surface area contributed by atoms with E-state index in [9.17, 15) is 14.4 Å². The zero-order valence-electron chi connectivity index (χ0n) is 10.6. The summed E-state index contributed by atoms with van der Waals surface area (Å²) in [6, 6.07) is 7.43. The molecule has 7 nitrogen and oxygen atoms in total. The first-order valence-corrected chi connectivity index (χ1v) is 5.98. The Morgan fingerprint density at radius 1 is 1.15 bits per heavy atom. The lowest BCUT2D eigenvalue weighted by atomic mass is 10.1. The molecule has 0 aliphatic rings. The van der Waals surface area contributed by atoms with Gasteiger partial charge in [-0.3, -0.25) is 14.6 Å². The number of amides is 1. The van der Waals surface area contributed by atoms with E-state index in [1.165, 1.54) is 0 Å². The first-order chi connectivity index (χ1) is 9.60. The molecule has 1 aromatic carbocycles. The number of nitrogens with one attached hydrogen (secondary N) is 3. The van der Waals surface area contributed by atoms with Gasteiger partial charge in [-0.2, -0.15) is 0 Å². The maximum absolute atomic E-state index is 11.8. The molecule has 1 amide bonds. The van der Waals surface area contributed by atoms with E-state index in [0.717, 1.165) is 17.3 Å². The van der Waals surface area contributed by atoms with Crippen LogP contribution in [0.25, 0.3) is 0 Å². The van der Waals surface area contributed by atoms with Gasteiger partial charge in [0.2, 0.25) is 0 Å². The highest BCUT2D eigenvalue weighted by atomic mass is 16.2. The van der Waals surface area contributed by atoms with Crippen molar-refractivity contribution in [3.05, 3.63) is 68.0 Å². The molecule has 0 fully saturated rings. The van der Waals surface area contributed by atoms with Crippen molar-refractivity contribution in [2.75, 3.05) is 0 Å². The van der Waals surface area contributed by atoms with Gasteiger partial charge in [0.25, 0.3) is 11.5 Å². The molecule has 7 heteroatoms. The lowest BCUT2D eigenvalue weighted by molar-refractivity contribution is 0.0949. The molecule has 0 radical (unpaired) electrons. The van der Waals surface area contributed by atoms with Crippen molar-refractivity contribution in [3.63, 3.8) is 0 Å². The predicted octanol–water partition coefficient (Wildman–Crippen LogP) is -0.548. The topological polar surface area (TPSA) is 121 Å². The van der Waals surface area contributed by atoms with Gasteiger partial charge in [0.05, 0.1) is 0 Å². The van der Waals surface area contributed by atoms with E-state index in [-0.39, 0.29) is 12.1 Å². The van der Waals surface area contributed by atoms with Crippen LogP contribution in [0.4, 0.5) is 0 Å². The zero-order chi connectivity index (χ0) is 14.5. The Kier molecular flexibility index (Phi) is 4.11. The van der Waals surface area contributed by atoms with E-state index in [2.05, 4.69) is 10.3 Å². The number of hydrogen-bond acceptors (Lipinski definition) is 4. The van der Waals surface area contributed by atoms with Crippen molar-refractivity contribution in [1.82, 2.24) is 15.3 Å². The maximum atomic E-state index is 11.8. The van der Waals surface area contributed by atoms with Gasteiger partial charge in [0.15, 0.2) is 0 Å². The molecule has 20 heavy (non-hydrogen) atoms. The molecule has 0 bridgehead atoms. The highest BCUT2D eigenvalue weighted by Crippen LogP contribution is 2.03. The molecule has 5 N–H and O–H groups in total. The summed E-state index contributed by atoms with van der Waals surface area (Å²) in [5, 5.41) is 2.60. The zero-order valence-corrected chi connectivity index (χ0v) is 10.6. The first-order valence-electron chi connectivity index (χ1n) is 5.98. The average molecular weight is 274 g/mol. The second-order valence-corrected chi connectivity index (χ2v) is 4.19. The van der Waals surface area contributed by atoms with Gasteiger partial charge in [-0.1, -0.05) is 24.3 Å². The van der Waals surface area contributed by atoms with Crippen LogP contribution in [0.2, 0.25) is 0 Å². The molecule has 1 aromatic heterocycles. The molecule has 0 unspecified atom stereocenters. The van der Waals surface area contributed by atoms with Gasteiger partial charge in [-0.15, -0.1) is 0 Å². The Labute approximate surface area is 113 Å². The van der Waals surface area contributed by atoms with Crippen LogP contribution in [-0.4, -0.2) is 15.9 Å². The number of nitrogens with two attached hydrogens (primary N) is 1. The number of aromatic nitrogens is 2. The molecule has 0 saturated carbocycles. The molecule has 2 rings (SSSR count). The second kappa shape index (κ2) is 5.98. The van der Waals surface area contributed by atoms with Crippen LogP contribution >= 0.6 is 0 Å². The Balaban J connectivity index is 2.04. The summed E-state index contributed by atoms with van der Waals surface area (Å²) in [7, 11) is 0. The van der Waals surface area contributed by atoms with Gasteiger partial charge in [0, 0.05) is 19.3 Å². The van der Waals surface area contributed by atoms with Crippen molar-refractivity contribution < 1.29 is 4.79 Å². The minimum Gasteiger partial charge on any atom is -0.348 e. The second-order valence-electron chi connectivity index (χ2n) is 4.19. The molecule has 104 valence electrons. The summed E-state index contributed by atoms with van der Waals surface area (Å²) in [6.45, 7) is 0.738. The van der Waals surface area contributed by atoms with E-state index in [4.69, 9.17) is 5.73 Å². The molecule has 0 atom stereocenters. The molecule has 0 saturated heterocycles. The molecule has 1 heterocycles. The summed E-state index contributed by atoms with van der Waals surface area (Å²) in [4.78, 5) is 38.3. The third-order valence-corrected chi connectivity index (χ3v) is 2.78. The number of benzene rings is 1. The molecular weight excluding hydrogens is 260 g/mol. The van der Waals surface area contributed by atoms with Gasteiger partial charge in [-0.05, 0) is 11.1 Å². The molecule has 0 spiro atoms. The summed E-state index contributed by atoms with van der Waals surface area (Å²) in [6.07, 6.45) is 1.09. The Morgan fingerprint density at radius 2 is 1.80 bits per heavy atom. The SMILES string of the molecule is NCc1ccc(CNC(=O)c2c[nH]c(=O)[nH]c2=O)cc1. The fraction of sp³-hybridized carbons (Fsp3) is 0.154. The van der Waals surface area contributed by atoms with Crippen LogP contribution in [0, 0.1) is 0 Å². The van der Waals surface area contributed by atoms with Gasteiger partial charge in [0.1, 0.15) is 5.56 Å². The fourth-order valence-electron chi connectivity index (χ4n) is 1.65. The van der Waals surface area contributed by atoms with Crippen molar-refractivity contribution in [2.45, 2.75) is 13.1 Å². The van der Waals surface area contributed by atoms with Gasteiger partial charge >= 0.3 is 5.69 Å². The predicted molar refractivity (Wildman–Crippen MR) is 73.2 cm³/mol. The number of rotatable bonds is 4. The van der Waals surface area contributed by atoms with Gasteiger partial charge < -0.3 is 16.0 Å². The van der Waals surface area contributed by atoms with Crippen molar-refractivity contribution in [1.29, 1.82) is 0 Å². The summed E-state index contributed by atoms with van der Waals surface area (Å²) >= 11 is 0. The van der Waals surface area contributed by atoms with Crippen LogP contribution in [0.5, 0.6) is 0 Å². The number of hydrogen-bond donors (Lipinski definition) is 4. The van der Waals surface area contributed by atoms with Crippen molar-refractivity contribution in [3.8, 4) is 0 Å². The minimum atomic E-state index is -0.718. The third-order valence-electron chi connectivity index (χ3n) is 2.78. The lowest BCUT2D eigenvalue weighted by Gasteiger charge is -2.05. The van der Waals surface area contributed by atoms with Crippen molar-refractivity contribution >= 4 is 5.91 Å². The number of H-pyrrole nitrogens is 2. The highest BCUT2D eigenvalue weighted by molar-refractivity contribution is 5.93. The maximum Gasteiger partial charge on any atom is 0.325 e. The summed E-state index contributed by atoms with van der Waals surface area (Å²) in [5.74, 6) is -0.551. The van der Waals surface area contributed by atoms with Crippen LogP contribution in [0.15, 0.2) is 40.1 Å². The van der Waals surface area contributed by atoms with Crippen molar-refractivity contribution in [2.24, 2.45) is 5.73 Å². The number of aromatic amines is 2. The van der Waals surface area contributed by atoms with E-state index in [1.807, 2.05) is 29.2 Å². The fourth-order valence-corrected chi connectivity index (χ4v) is 1.65. The van der Waals surface area contributed by atoms with E-state index >= 15 is 0 Å². The largest absolute Gasteiger partial charge is 0.348 e. The van der Waals surface area contributed by atoms with E-state index in [0.29, 0.717) is 6.54 Å². The van der Waals surface area contributed by atoms with Crippen LogP contribution in [0.3, 0.4) is 0 Å². The van der Waals surface area contributed by atoms with Crippen LogP contribution in [0.1, 0.15) is 21.5 Å². The van der Waals surface area contributed by atoms with Crippen LogP contribution < -0.4 is 22.3 Å². The number of carbonyl (C=O) groups excluding carboxylic acids is 1. The quantitative estimate of drug-likeness (QED) is 0.597. The van der Waals surface area contributed by atoms with E-state index in [1.54, 1.807) is 0 Å². The Morgan fingerprint density at radius 3 is 2.40 bits per heavy atom. The first kappa shape index (κ1) is 13.8. The highest BCUT2D eigenvalue weighted by Gasteiger charge is 2.10. The molecule has 2 aromatic rings. The Hall–Kier alpha value is -2.67. The van der Waals surface area contributed by atoms with Gasteiger partial charge in [-0.25, -0.2) is 4.79 Å². The number of carbonyl (C=O) groups is 1. The monoisotopic (exact) mass is 274 g/mol. The molecular formula is C13H14N4O3. The summed E-state index contributed by atoms with van der Waals surface area (Å²) in [5.41, 5.74) is 5.87.